The molecular weight excluding hydrogens is 290 g/mol. The summed E-state index contributed by atoms with van der Waals surface area (Å²) in [5, 5.41) is 0. The Kier molecular flexibility index (Phi) is 4.88. The van der Waals surface area contributed by atoms with Crippen LogP contribution in [0.1, 0.15) is 25.6 Å². The number of nitrogens with one attached hydrogen (secondary N) is 1. The van der Waals surface area contributed by atoms with Gasteiger partial charge in [0, 0.05) is 18.4 Å². The van der Waals surface area contributed by atoms with E-state index in [2.05, 4.69) is 21.9 Å². The summed E-state index contributed by atoms with van der Waals surface area (Å²) in [6, 6.07) is 9.93. The summed E-state index contributed by atoms with van der Waals surface area (Å²) in [5.74, 6) is 1.65. The van der Waals surface area contributed by atoms with Crippen LogP contribution in [0.3, 0.4) is 0 Å². The van der Waals surface area contributed by atoms with E-state index in [1.807, 2.05) is 30.3 Å². The number of methoxy groups -OCH3 is 1. The van der Waals surface area contributed by atoms with E-state index in [0.29, 0.717) is 6.61 Å². The summed E-state index contributed by atoms with van der Waals surface area (Å²) in [6.45, 7) is 3.39. The van der Waals surface area contributed by atoms with E-state index in [9.17, 15) is 0 Å². The van der Waals surface area contributed by atoms with Crippen molar-refractivity contribution in [3.8, 4) is 16.9 Å². The molecule has 5 heteroatoms. The van der Waals surface area contributed by atoms with Gasteiger partial charge >= 0.3 is 0 Å². The van der Waals surface area contributed by atoms with Gasteiger partial charge in [-0.3, -0.25) is 0 Å². The summed E-state index contributed by atoms with van der Waals surface area (Å²) in [4.78, 5) is 12.3. The first kappa shape index (κ1) is 15.5. The Bertz CT molecular complexity index is 766. The van der Waals surface area contributed by atoms with Gasteiger partial charge in [0.1, 0.15) is 23.7 Å². The fourth-order valence-electron chi connectivity index (χ4n) is 2.45. The first-order chi connectivity index (χ1) is 11.3. The number of aromatic nitrogens is 3. The Labute approximate surface area is 135 Å². The van der Waals surface area contributed by atoms with Crippen LogP contribution >= 0.6 is 0 Å². The lowest BCUT2D eigenvalue weighted by Gasteiger charge is -2.04. The number of hydrogen-bond acceptors (Lipinski definition) is 4. The average molecular weight is 311 g/mol. The highest BCUT2D eigenvalue weighted by atomic mass is 16.5. The molecule has 0 aliphatic carbocycles. The van der Waals surface area contributed by atoms with Gasteiger partial charge in [0.15, 0.2) is 5.65 Å². The molecule has 0 spiro atoms. The number of aromatic amines is 1. The van der Waals surface area contributed by atoms with E-state index in [1.165, 1.54) is 0 Å². The van der Waals surface area contributed by atoms with Crippen molar-refractivity contribution in [2.75, 3.05) is 13.7 Å². The fraction of sp³-hybridized carbons (Fsp3) is 0.333. The quantitative estimate of drug-likeness (QED) is 0.671. The molecule has 0 saturated carbocycles. The van der Waals surface area contributed by atoms with Gasteiger partial charge in [0.05, 0.1) is 7.11 Å². The number of H-pyrrole nitrogens is 1. The number of pyridine rings is 1. The summed E-state index contributed by atoms with van der Waals surface area (Å²) >= 11 is 0. The number of ether oxygens (including phenoxy) is 2. The lowest BCUT2D eigenvalue weighted by molar-refractivity contribution is 0.113. The first-order valence-electron chi connectivity index (χ1n) is 7.87. The summed E-state index contributed by atoms with van der Waals surface area (Å²) in [6.07, 6.45) is 3.99. The topological polar surface area (TPSA) is 60.0 Å². The largest absolute Gasteiger partial charge is 0.497 e. The lowest BCUT2D eigenvalue weighted by Crippen LogP contribution is -1.96. The van der Waals surface area contributed by atoms with Crippen molar-refractivity contribution in [3.05, 3.63) is 42.4 Å². The molecule has 0 unspecified atom stereocenters. The van der Waals surface area contributed by atoms with Gasteiger partial charge in [-0.1, -0.05) is 25.5 Å². The SMILES string of the molecule is CCCCOCc1nc2c(-c3ccc(OC)cc3)ccnc2[nH]1. The molecule has 0 fully saturated rings. The second-order valence-electron chi connectivity index (χ2n) is 5.37. The molecule has 3 rings (SSSR count). The van der Waals surface area contributed by atoms with Crippen molar-refractivity contribution >= 4 is 11.2 Å². The van der Waals surface area contributed by atoms with E-state index in [1.54, 1.807) is 13.3 Å². The molecular formula is C18H21N3O2. The van der Waals surface area contributed by atoms with Gasteiger partial charge in [-0.25, -0.2) is 9.97 Å². The van der Waals surface area contributed by atoms with Crippen LogP contribution in [-0.2, 0) is 11.3 Å². The van der Waals surface area contributed by atoms with Crippen LogP contribution in [-0.4, -0.2) is 28.7 Å². The number of unbranched alkanes of at least 4 members (excludes halogenated alkanes) is 1. The van der Waals surface area contributed by atoms with Gasteiger partial charge in [0.25, 0.3) is 0 Å². The Balaban J connectivity index is 1.86. The van der Waals surface area contributed by atoms with Crippen LogP contribution in [0.4, 0.5) is 0 Å². The number of fused-ring (bicyclic) bond motifs is 1. The van der Waals surface area contributed by atoms with Crippen LogP contribution in [0, 0.1) is 0 Å². The number of imidazole rings is 1. The zero-order valence-electron chi connectivity index (χ0n) is 13.5. The van der Waals surface area contributed by atoms with Gasteiger partial charge in [-0.2, -0.15) is 0 Å². The maximum absolute atomic E-state index is 5.63. The first-order valence-corrected chi connectivity index (χ1v) is 7.87. The fourth-order valence-corrected chi connectivity index (χ4v) is 2.45. The Hall–Kier alpha value is -2.40. The van der Waals surface area contributed by atoms with Crippen LogP contribution in [0.5, 0.6) is 5.75 Å². The third kappa shape index (κ3) is 3.51. The molecule has 0 amide bonds. The van der Waals surface area contributed by atoms with Gasteiger partial charge in [-0.15, -0.1) is 0 Å². The summed E-state index contributed by atoms with van der Waals surface area (Å²) in [7, 11) is 1.66. The lowest BCUT2D eigenvalue weighted by atomic mass is 10.1. The molecule has 0 atom stereocenters. The third-order valence-electron chi connectivity index (χ3n) is 3.72. The highest BCUT2D eigenvalue weighted by Crippen LogP contribution is 2.27. The summed E-state index contributed by atoms with van der Waals surface area (Å²) < 4.78 is 10.8. The van der Waals surface area contributed by atoms with Crippen LogP contribution in [0.2, 0.25) is 0 Å². The molecule has 0 radical (unpaired) electrons. The van der Waals surface area contributed by atoms with Gasteiger partial charge < -0.3 is 14.5 Å². The van der Waals surface area contributed by atoms with Crippen molar-refractivity contribution in [1.82, 2.24) is 15.0 Å². The minimum Gasteiger partial charge on any atom is -0.497 e. The molecule has 120 valence electrons. The normalized spacial score (nSPS) is 11.0. The monoisotopic (exact) mass is 311 g/mol. The van der Waals surface area contributed by atoms with Crippen molar-refractivity contribution in [2.45, 2.75) is 26.4 Å². The van der Waals surface area contributed by atoms with Gasteiger partial charge in [0.2, 0.25) is 0 Å². The zero-order chi connectivity index (χ0) is 16.1. The van der Waals surface area contributed by atoms with Crippen molar-refractivity contribution in [3.63, 3.8) is 0 Å². The average Bonchev–Trinajstić information content (AvgIpc) is 3.02. The number of hydrogen-bond donors (Lipinski definition) is 1. The predicted molar refractivity (Wildman–Crippen MR) is 90.4 cm³/mol. The maximum atomic E-state index is 5.63. The minimum absolute atomic E-state index is 0.485. The Morgan fingerprint density at radius 2 is 1.96 bits per heavy atom. The smallest absolute Gasteiger partial charge is 0.158 e. The highest BCUT2D eigenvalue weighted by Gasteiger charge is 2.10. The predicted octanol–water partition coefficient (Wildman–Crippen LogP) is 3.95. The molecule has 5 nitrogen and oxygen atoms in total. The Morgan fingerprint density at radius 3 is 2.70 bits per heavy atom. The van der Waals surface area contributed by atoms with E-state index in [4.69, 9.17) is 9.47 Å². The van der Waals surface area contributed by atoms with Crippen LogP contribution < -0.4 is 4.74 Å². The third-order valence-corrected chi connectivity index (χ3v) is 3.72. The van der Waals surface area contributed by atoms with E-state index < -0.39 is 0 Å². The zero-order valence-corrected chi connectivity index (χ0v) is 13.5. The molecule has 2 heterocycles. The molecule has 0 aliphatic rings. The molecule has 1 N–H and O–H groups in total. The number of benzene rings is 1. The van der Waals surface area contributed by atoms with E-state index in [-0.39, 0.29) is 0 Å². The van der Waals surface area contributed by atoms with Crippen molar-refractivity contribution in [2.24, 2.45) is 0 Å². The Morgan fingerprint density at radius 1 is 1.13 bits per heavy atom. The molecule has 3 aromatic rings. The highest BCUT2D eigenvalue weighted by molar-refractivity contribution is 5.89. The van der Waals surface area contributed by atoms with Crippen LogP contribution in [0.15, 0.2) is 36.5 Å². The van der Waals surface area contributed by atoms with Crippen LogP contribution in [0.25, 0.3) is 22.3 Å². The standard InChI is InChI=1S/C18H21N3O2/c1-3-4-11-23-12-16-20-17-15(9-10-19-18(17)21-16)13-5-7-14(22-2)8-6-13/h5-10H,3-4,11-12H2,1-2H3,(H,19,20,21). The van der Waals surface area contributed by atoms with Crippen molar-refractivity contribution < 1.29 is 9.47 Å². The second-order valence-corrected chi connectivity index (χ2v) is 5.37. The number of nitrogens with zero attached hydrogens (tertiary/aromatic N) is 2. The minimum atomic E-state index is 0.485. The molecule has 0 saturated heterocycles. The second kappa shape index (κ2) is 7.24. The summed E-state index contributed by atoms with van der Waals surface area (Å²) in [5.41, 5.74) is 3.79. The molecule has 23 heavy (non-hydrogen) atoms. The van der Waals surface area contributed by atoms with E-state index in [0.717, 1.165) is 53.3 Å². The maximum Gasteiger partial charge on any atom is 0.158 e. The molecule has 0 aliphatic heterocycles. The molecule has 0 bridgehead atoms. The van der Waals surface area contributed by atoms with Crippen molar-refractivity contribution in [1.29, 1.82) is 0 Å². The van der Waals surface area contributed by atoms with Gasteiger partial charge in [-0.05, 0) is 30.2 Å². The molecule has 1 aromatic carbocycles. The molecule has 2 aromatic heterocycles. The number of rotatable bonds is 7. The van der Waals surface area contributed by atoms with E-state index >= 15 is 0 Å².